The van der Waals surface area contributed by atoms with E-state index >= 15 is 0 Å². The Morgan fingerprint density at radius 3 is 2.24 bits per heavy atom. The minimum Gasteiger partial charge on any atom is -0.322 e. The molecule has 3 aromatic carbocycles. The Labute approximate surface area is 179 Å². The highest BCUT2D eigenvalue weighted by Gasteiger charge is 2.21. The summed E-state index contributed by atoms with van der Waals surface area (Å²) in [5, 5.41) is 3.12. The molecule has 0 unspecified atom stereocenters. The molecule has 29 heavy (non-hydrogen) atoms. The summed E-state index contributed by atoms with van der Waals surface area (Å²) in [6, 6.07) is 20.1. The maximum absolute atomic E-state index is 12.8. The van der Waals surface area contributed by atoms with Crippen molar-refractivity contribution in [3.05, 3.63) is 94.0 Å². The summed E-state index contributed by atoms with van der Waals surface area (Å²) in [5.74, 6) is -0.436. The molecule has 150 valence electrons. The summed E-state index contributed by atoms with van der Waals surface area (Å²) in [6.07, 6.45) is 0. The molecule has 8 heteroatoms. The van der Waals surface area contributed by atoms with E-state index in [2.05, 4.69) is 5.32 Å². The van der Waals surface area contributed by atoms with E-state index in [4.69, 9.17) is 23.2 Å². The molecule has 0 radical (unpaired) electrons. The lowest BCUT2D eigenvalue weighted by molar-refractivity contribution is 0.102. The molecular weight excluding hydrogens is 431 g/mol. The minimum atomic E-state index is -3.66. The average Bonchev–Trinajstić information content (AvgIpc) is 2.71. The van der Waals surface area contributed by atoms with Crippen molar-refractivity contribution in [2.75, 3.05) is 12.4 Å². The largest absolute Gasteiger partial charge is 0.322 e. The molecule has 0 bridgehead atoms. The van der Waals surface area contributed by atoms with Crippen LogP contribution in [0.2, 0.25) is 10.0 Å². The molecule has 0 heterocycles. The molecule has 0 aliphatic carbocycles. The van der Waals surface area contributed by atoms with Crippen molar-refractivity contribution in [3.63, 3.8) is 0 Å². The number of hydrogen-bond acceptors (Lipinski definition) is 3. The maximum atomic E-state index is 12.8. The fourth-order valence-electron chi connectivity index (χ4n) is 2.69. The van der Waals surface area contributed by atoms with Crippen LogP contribution >= 0.6 is 23.2 Å². The van der Waals surface area contributed by atoms with E-state index < -0.39 is 15.9 Å². The third-order valence-electron chi connectivity index (χ3n) is 4.26. The van der Waals surface area contributed by atoms with Gasteiger partial charge in [0.2, 0.25) is 10.0 Å². The number of amides is 1. The third-order valence-corrected chi connectivity index (χ3v) is 6.90. The maximum Gasteiger partial charge on any atom is 0.257 e. The van der Waals surface area contributed by atoms with Gasteiger partial charge in [-0.05, 0) is 42.0 Å². The fraction of sp³-hybridized carbons (Fsp3) is 0.0952. The van der Waals surface area contributed by atoms with E-state index in [1.165, 1.54) is 35.6 Å². The molecule has 5 nitrogen and oxygen atoms in total. The summed E-state index contributed by atoms with van der Waals surface area (Å²) < 4.78 is 26.8. The summed E-state index contributed by atoms with van der Waals surface area (Å²) in [7, 11) is -2.14. The van der Waals surface area contributed by atoms with Crippen molar-refractivity contribution >= 4 is 44.8 Å². The van der Waals surface area contributed by atoms with Gasteiger partial charge in [-0.2, -0.15) is 4.31 Å². The Balaban J connectivity index is 1.73. The highest BCUT2D eigenvalue weighted by atomic mass is 35.5. The van der Waals surface area contributed by atoms with Crippen LogP contribution < -0.4 is 5.32 Å². The Morgan fingerprint density at radius 2 is 1.59 bits per heavy atom. The second kappa shape index (κ2) is 8.97. The Kier molecular flexibility index (Phi) is 6.59. The zero-order chi connectivity index (χ0) is 21.0. The number of nitrogens with zero attached hydrogens (tertiary/aromatic N) is 1. The molecule has 0 fully saturated rings. The van der Waals surface area contributed by atoms with Gasteiger partial charge in [-0.3, -0.25) is 4.79 Å². The number of benzene rings is 3. The number of carbonyl (C=O) groups is 1. The van der Waals surface area contributed by atoms with E-state index in [9.17, 15) is 13.2 Å². The Hall–Kier alpha value is -2.38. The lowest BCUT2D eigenvalue weighted by atomic mass is 10.2. The van der Waals surface area contributed by atoms with E-state index in [0.29, 0.717) is 5.69 Å². The van der Waals surface area contributed by atoms with Gasteiger partial charge in [-0.25, -0.2) is 8.42 Å². The van der Waals surface area contributed by atoms with Crippen LogP contribution in [0.1, 0.15) is 15.9 Å². The highest BCUT2D eigenvalue weighted by Crippen LogP contribution is 2.26. The van der Waals surface area contributed by atoms with Crippen molar-refractivity contribution in [2.24, 2.45) is 0 Å². The molecule has 0 aliphatic rings. The molecule has 3 aromatic rings. The van der Waals surface area contributed by atoms with Gasteiger partial charge in [-0.1, -0.05) is 59.6 Å². The van der Waals surface area contributed by atoms with Crippen molar-refractivity contribution in [1.29, 1.82) is 0 Å². The average molecular weight is 449 g/mol. The van der Waals surface area contributed by atoms with Crippen molar-refractivity contribution < 1.29 is 13.2 Å². The summed E-state index contributed by atoms with van der Waals surface area (Å²) in [6.45, 7) is 0.259. The smallest absolute Gasteiger partial charge is 0.257 e. The molecule has 0 aliphatic heterocycles. The van der Waals surface area contributed by atoms with Gasteiger partial charge in [0.05, 0.1) is 20.5 Å². The number of sulfonamides is 1. The van der Waals surface area contributed by atoms with Gasteiger partial charge >= 0.3 is 0 Å². The van der Waals surface area contributed by atoms with Crippen LogP contribution in [0.4, 0.5) is 5.69 Å². The molecule has 0 saturated carbocycles. The third kappa shape index (κ3) is 4.97. The van der Waals surface area contributed by atoms with Gasteiger partial charge in [0.25, 0.3) is 5.91 Å². The Bertz CT molecular complexity index is 1120. The summed E-state index contributed by atoms with van der Waals surface area (Å²) in [5.41, 5.74) is 1.56. The van der Waals surface area contributed by atoms with Crippen LogP contribution in [-0.4, -0.2) is 25.7 Å². The van der Waals surface area contributed by atoms with Crippen LogP contribution in [0.25, 0.3) is 0 Å². The minimum absolute atomic E-state index is 0.134. The van der Waals surface area contributed by atoms with Crippen LogP contribution in [0, 0.1) is 0 Å². The Morgan fingerprint density at radius 1 is 0.931 bits per heavy atom. The van der Waals surface area contributed by atoms with E-state index in [-0.39, 0.29) is 27.0 Å². The number of nitrogens with one attached hydrogen (secondary N) is 1. The zero-order valence-corrected chi connectivity index (χ0v) is 17.8. The number of anilines is 1. The van der Waals surface area contributed by atoms with Crippen molar-refractivity contribution in [2.45, 2.75) is 11.4 Å². The van der Waals surface area contributed by atoms with Gasteiger partial charge in [0.15, 0.2) is 0 Å². The molecule has 0 saturated heterocycles. The first kappa shape index (κ1) is 21.3. The van der Waals surface area contributed by atoms with Gasteiger partial charge in [-0.15, -0.1) is 0 Å². The monoisotopic (exact) mass is 448 g/mol. The normalized spacial score (nSPS) is 11.4. The van der Waals surface area contributed by atoms with E-state index in [1.54, 1.807) is 18.2 Å². The molecule has 0 aromatic heterocycles. The quantitative estimate of drug-likeness (QED) is 0.572. The molecule has 0 atom stereocenters. The van der Waals surface area contributed by atoms with Gasteiger partial charge in [0, 0.05) is 19.3 Å². The fourth-order valence-corrected chi connectivity index (χ4v) is 4.24. The number of halogens is 2. The molecule has 0 spiro atoms. The molecule has 3 rings (SSSR count). The second-order valence-corrected chi connectivity index (χ2v) is 9.16. The summed E-state index contributed by atoms with van der Waals surface area (Å²) >= 11 is 12.0. The van der Waals surface area contributed by atoms with Gasteiger partial charge in [0.1, 0.15) is 0 Å². The first-order valence-corrected chi connectivity index (χ1v) is 10.8. The van der Waals surface area contributed by atoms with Gasteiger partial charge < -0.3 is 5.32 Å². The first-order valence-electron chi connectivity index (χ1n) is 8.65. The number of hydrogen-bond donors (Lipinski definition) is 1. The molecular formula is C21H18Cl2N2O3S. The SMILES string of the molecule is CN(Cc1ccccc1)S(=O)(=O)c1ccc(NC(=O)c2cccc(Cl)c2Cl)cc1. The summed E-state index contributed by atoms with van der Waals surface area (Å²) in [4.78, 5) is 12.5. The standard InChI is InChI=1S/C21H18Cl2N2O3S/c1-25(14-15-6-3-2-4-7-15)29(27,28)17-12-10-16(11-13-17)24-21(26)18-8-5-9-19(22)20(18)23/h2-13H,14H2,1H3,(H,24,26). The number of rotatable bonds is 6. The number of carbonyl (C=O) groups excluding carboxylic acids is 1. The van der Waals surface area contributed by atoms with Crippen LogP contribution in [0.5, 0.6) is 0 Å². The van der Waals surface area contributed by atoms with Crippen molar-refractivity contribution in [3.8, 4) is 0 Å². The molecule has 1 amide bonds. The van der Waals surface area contributed by atoms with Crippen molar-refractivity contribution in [1.82, 2.24) is 4.31 Å². The van der Waals surface area contributed by atoms with Crippen LogP contribution in [0.15, 0.2) is 77.7 Å². The predicted octanol–water partition coefficient (Wildman–Crippen LogP) is 5.07. The first-order chi connectivity index (χ1) is 13.8. The lowest BCUT2D eigenvalue weighted by Crippen LogP contribution is -2.26. The van der Waals surface area contributed by atoms with E-state index in [0.717, 1.165) is 5.56 Å². The van der Waals surface area contributed by atoms with E-state index in [1.807, 2.05) is 30.3 Å². The zero-order valence-electron chi connectivity index (χ0n) is 15.5. The second-order valence-electron chi connectivity index (χ2n) is 6.33. The highest BCUT2D eigenvalue weighted by molar-refractivity contribution is 7.89. The van der Waals surface area contributed by atoms with Crippen LogP contribution in [0.3, 0.4) is 0 Å². The predicted molar refractivity (Wildman–Crippen MR) is 116 cm³/mol. The molecule has 1 N–H and O–H groups in total. The van der Waals surface area contributed by atoms with Crippen LogP contribution in [-0.2, 0) is 16.6 Å². The topological polar surface area (TPSA) is 66.5 Å². The lowest BCUT2D eigenvalue weighted by Gasteiger charge is -2.17.